The second-order valence-electron chi connectivity index (χ2n) is 9.76. The summed E-state index contributed by atoms with van der Waals surface area (Å²) in [4.78, 5) is 19.3. The number of nitrogens with zero attached hydrogens (tertiary/aromatic N) is 5. The number of carbonyl (C=O) groups is 1. The highest BCUT2D eigenvalue weighted by Gasteiger charge is 2.34. The first-order valence-electron chi connectivity index (χ1n) is 11.8. The van der Waals surface area contributed by atoms with E-state index in [0.29, 0.717) is 19.6 Å². The van der Waals surface area contributed by atoms with Crippen LogP contribution in [-0.2, 0) is 16.8 Å². The number of aromatic nitrogens is 3. The molecule has 0 atom stereocenters. The van der Waals surface area contributed by atoms with E-state index in [1.165, 1.54) is 5.56 Å². The molecule has 35 heavy (non-hydrogen) atoms. The number of anilines is 1. The number of fused-ring (bicyclic) bond motifs is 1. The van der Waals surface area contributed by atoms with Crippen molar-refractivity contribution < 1.29 is 4.79 Å². The van der Waals surface area contributed by atoms with E-state index in [2.05, 4.69) is 51.5 Å². The van der Waals surface area contributed by atoms with Crippen molar-refractivity contribution in [3.63, 3.8) is 0 Å². The van der Waals surface area contributed by atoms with E-state index in [0.717, 1.165) is 33.6 Å². The molecule has 7 heteroatoms. The topological polar surface area (TPSA) is 86.3 Å². The largest absolute Gasteiger partial charge is 0.353 e. The first-order chi connectivity index (χ1) is 16.8. The molecule has 0 bridgehead atoms. The molecule has 0 spiro atoms. The van der Waals surface area contributed by atoms with Gasteiger partial charge in [0.15, 0.2) is 5.82 Å². The highest BCUT2D eigenvalue weighted by Crippen LogP contribution is 2.31. The van der Waals surface area contributed by atoms with Gasteiger partial charge in [0.2, 0.25) is 5.91 Å². The van der Waals surface area contributed by atoms with E-state index >= 15 is 0 Å². The van der Waals surface area contributed by atoms with Crippen molar-refractivity contribution in [2.45, 2.75) is 32.7 Å². The van der Waals surface area contributed by atoms with Gasteiger partial charge in [0, 0.05) is 31.4 Å². The van der Waals surface area contributed by atoms with E-state index in [-0.39, 0.29) is 11.8 Å². The summed E-state index contributed by atoms with van der Waals surface area (Å²) in [6.07, 6.45) is 3.53. The van der Waals surface area contributed by atoms with Crippen LogP contribution in [0, 0.1) is 24.2 Å². The van der Waals surface area contributed by atoms with Crippen LogP contribution in [0.5, 0.6) is 0 Å². The standard InChI is InChI=1S/C28H28N6O/c1-19-4-6-20(7-5-19)13-30-27(35)23-14-33(15-23)26-25-12-22(16-34(25)32-18-31-26)21-8-10-24(11-9-21)28(2,3)17-29/h4-12,16,18,23H,13-15H2,1-3H3,(H,30,35). The minimum Gasteiger partial charge on any atom is -0.353 e. The highest BCUT2D eigenvalue weighted by molar-refractivity contribution is 5.84. The van der Waals surface area contributed by atoms with Crippen LogP contribution in [0.1, 0.15) is 30.5 Å². The maximum atomic E-state index is 12.6. The SMILES string of the molecule is Cc1ccc(CNC(=O)C2CN(c3ncnn4cc(-c5ccc(C(C)(C)C#N)cc5)cc34)C2)cc1. The Kier molecular flexibility index (Phi) is 5.73. The molecule has 2 aromatic carbocycles. The van der Waals surface area contributed by atoms with Gasteiger partial charge in [-0.3, -0.25) is 4.79 Å². The number of hydrogen-bond acceptors (Lipinski definition) is 5. The smallest absolute Gasteiger partial charge is 0.226 e. The summed E-state index contributed by atoms with van der Waals surface area (Å²) in [5.74, 6) is 0.848. The van der Waals surface area contributed by atoms with Gasteiger partial charge in [-0.1, -0.05) is 54.1 Å². The van der Waals surface area contributed by atoms with Gasteiger partial charge in [-0.25, -0.2) is 9.50 Å². The fourth-order valence-electron chi connectivity index (χ4n) is 4.32. The Morgan fingerprint density at radius 3 is 2.51 bits per heavy atom. The van der Waals surface area contributed by atoms with Crippen LogP contribution in [0.2, 0.25) is 0 Å². The zero-order chi connectivity index (χ0) is 24.6. The fraction of sp³-hybridized carbons (Fsp3) is 0.286. The summed E-state index contributed by atoms with van der Waals surface area (Å²) in [7, 11) is 0. The van der Waals surface area contributed by atoms with E-state index in [9.17, 15) is 10.1 Å². The van der Waals surface area contributed by atoms with Crippen LogP contribution in [0.3, 0.4) is 0 Å². The number of hydrogen-bond donors (Lipinski definition) is 1. The molecule has 0 unspecified atom stereocenters. The average Bonchev–Trinajstić information content (AvgIpc) is 3.28. The second kappa shape index (κ2) is 8.88. The maximum absolute atomic E-state index is 12.6. The van der Waals surface area contributed by atoms with Crippen molar-refractivity contribution in [3.8, 4) is 17.2 Å². The Bertz CT molecular complexity index is 1410. The molecular weight excluding hydrogens is 436 g/mol. The molecule has 7 nitrogen and oxygen atoms in total. The van der Waals surface area contributed by atoms with Gasteiger partial charge in [-0.2, -0.15) is 10.4 Å². The third-order valence-electron chi connectivity index (χ3n) is 6.74. The van der Waals surface area contributed by atoms with E-state index < -0.39 is 5.41 Å². The van der Waals surface area contributed by atoms with Crippen LogP contribution in [-0.4, -0.2) is 33.6 Å². The summed E-state index contributed by atoms with van der Waals surface area (Å²) >= 11 is 0. The predicted octanol–water partition coefficient (Wildman–Crippen LogP) is 4.26. The van der Waals surface area contributed by atoms with Crippen molar-refractivity contribution >= 4 is 17.2 Å². The first kappa shape index (κ1) is 22.6. The molecule has 2 aromatic heterocycles. The zero-order valence-corrected chi connectivity index (χ0v) is 20.2. The fourth-order valence-corrected chi connectivity index (χ4v) is 4.32. The van der Waals surface area contributed by atoms with Crippen LogP contribution in [0.25, 0.3) is 16.6 Å². The molecule has 4 aromatic rings. The van der Waals surface area contributed by atoms with Gasteiger partial charge in [-0.15, -0.1) is 0 Å². The summed E-state index contributed by atoms with van der Waals surface area (Å²) in [6.45, 7) is 7.69. The maximum Gasteiger partial charge on any atom is 0.226 e. The van der Waals surface area contributed by atoms with E-state index in [4.69, 9.17) is 0 Å². The summed E-state index contributed by atoms with van der Waals surface area (Å²) in [5.41, 5.74) is 5.75. The average molecular weight is 465 g/mol. The van der Waals surface area contributed by atoms with Gasteiger partial charge in [0.25, 0.3) is 0 Å². The predicted molar refractivity (Wildman–Crippen MR) is 136 cm³/mol. The Labute approximate surface area is 205 Å². The van der Waals surface area contributed by atoms with Crippen molar-refractivity contribution in [2.75, 3.05) is 18.0 Å². The Morgan fingerprint density at radius 1 is 1.11 bits per heavy atom. The van der Waals surface area contributed by atoms with Crippen LogP contribution >= 0.6 is 0 Å². The van der Waals surface area contributed by atoms with Crippen LogP contribution < -0.4 is 10.2 Å². The summed E-state index contributed by atoms with van der Waals surface area (Å²) in [6, 6.07) is 20.7. The number of carbonyl (C=O) groups excluding carboxylic acids is 1. The molecule has 0 radical (unpaired) electrons. The molecule has 5 rings (SSSR count). The number of benzene rings is 2. The lowest BCUT2D eigenvalue weighted by molar-refractivity contribution is -0.125. The van der Waals surface area contributed by atoms with Crippen molar-refractivity contribution in [1.82, 2.24) is 19.9 Å². The van der Waals surface area contributed by atoms with Crippen molar-refractivity contribution in [2.24, 2.45) is 5.92 Å². The third-order valence-corrected chi connectivity index (χ3v) is 6.74. The lowest BCUT2D eigenvalue weighted by atomic mass is 9.86. The molecule has 1 amide bonds. The summed E-state index contributed by atoms with van der Waals surface area (Å²) in [5, 5.41) is 16.8. The molecular formula is C28H28N6O. The molecule has 1 aliphatic rings. The van der Waals surface area contributed by atoms with Gasteiger partial charge in [0.05, 0.1) is 17.4 Å². The second-order valence-corrected chi connectivity index (χ2v) is 9.76. The number of rotatable bonds is 6. The van der Waals surface area contributed by atoms with Gasteiger partial charge in [-0.05, 0) is 43.5 Å². The van der Waals surface area contributed by atoms with Crippen molar-refractivity contribution in [3.05, 3.63) is 83.8 Å². The molecule has 1 N–H and O–H groups in total. The van der Waals surface area contributed by atoms with E-state index in [1.54, 1.807) is 6.33 Å². The minimum atomic E-state index is -0.525. The normalized spacial score (nSPS) is 13.9. The molecule has 1 saturated heterocycles. The number of nitriles is 1. The molecule has 0 aliphatic carbocycles. The minimum absolute atomic E-state index is 0.0547. The van der Waals surface area contributed by atoms with E-state index in [1.807, 2.05) is 61.0 Å². The van der Waals surface area contributed by atoms with Gasteiger partial charge < -0.3 is 10.2 Å². The first-order valence-corrected chi connectivity index (χ1v) is 11.8. The van der Waals surface area contributed by atoms with Gasteiger partial charge in [0.1, 0.15) is 11.8 Å². The molecule has 1 fully saturated rings. The number of nitrogens with one attached hydrogen (secondary N) is 1. The molecule has 1 aliphatic heterocycles. The number of aryl methyl sites for hydroxylation is 1. The molecule has 0 saturated carbocycles. The van der Waals surface area contributed by atoms with Gasteiger partial charge >= 0.3 is 0 Å². The Balaban J connectivity index is 1.27. The lowest BCUT2D eigenvalue weighted by Gasteiger charge is -2.39. The molecule has 3 heterocycles. The Hall–Kier alpha value is -4.18. The molecule has 176 valence electrons. The number of amides is 1. The highest BCUT2D eigenvalue weighted by atomic mass is 16.2. The summed E-state index contributed by atoms with van der Waals surface area (Å²) < 4.78 is 1.83. The monoisotopic (exact) mass is 464 g/mol. The zero-order valence-electron chi connectivity index (χ0n) is 20.2. The third kappa shape index (κ3) is 4.47. The van der Waals surface area contributed by atoms with Crippen LogP contribution in [0.15, 0.2) is 67.1 Å². The van der Waals surface area contributed by atoms with Crippen molar-refractivity contribution in [1.29, 1.82) is 5.26 Å². The Morgan fingerprint density at radius 2 is 1.83 bits per heavy atom. The van der Waals surface area contributed by atoms with Crippen LogP contribution in [0.4, 0.5) is 5.82 Å². The lowest BCUT2D eigenvalue weighted by Crippen LogP contribution is -2.54. The quantitative estimate of drug-likeness (QED) is 0.461.